The number of aliphatic hydroxyl groups is 2. The molecule has 31 heavy (non-hydrogen) atoms. The molecule has 0 aliphatic heterocycles. The number of carbonyl (C=O) groups is 1. The van der Waals surface area contributed by atoms with Crippen LogP contribution >= 0.6 is 0 Å². The summed E-state index contributed by atoms with van der Waals surface area (Å²) in [6.07, 6.45) is 24.0. The molecule has 0 rings (SSSR count). The van der Waals surface area contributed by atoms with Crippen molar-refractivity contribution in [1.82, 2.24) is 4.90 Å². The van der Waals surface area contributed by atoms with E-state index >= 15 is 0 Å². The second-order valence-corrected chi connectivity index (χ2v) is 9.44. The van der Waals surface area contributed by atoms with Gasteiger partial charge in [-0.2, -0.15) is 0 Å². The highest BCUT2D eigenvalue weighted by Gasteiger charge is 2.16. The van der Waals surface area contributed by atoms with Gasteiger partial charge in [0, 0.05) is 19.5 Å². The van der Waals surface area contributed by atoms with Crippen LogP contribution in [-0.4, -0.2) is 46.8 Å². The predicted molar refractivity (Wildman–Crippen MR) is 133 cm³/mol. The van der Waals surface area contributed by atoms with Crippen LogP contribution in [0.15, 0.2) is 0 Å². The van der Waals surface area contributed by atoms with Gasteiger partial charge in [0.05, 0.1) is 12.7 Å². The molecule has 186 valence electrons. The van der Waals surface area contributed by atoms with Crippen LogP contribution in [0.2, 0.25) is 0 Å². The molecular weight excluding hydrogens is 386 g/mol. The maximum atomic E-state index is 12.5. The van der Waals surface area contributed by atoms with Crippen molar-refractivity contribution in [2.75, 3.05) is 19.7 Å². The lowest BCUT2D eigenvalue weighted by molar-refractivity contribution is -0.133. The second-order valence-electron chi connectivity index (χ2n) is 9.44. The molecule has 0 aromatic heterocycles. The first-order valence-corrected chi connectivity index (χ1v) is 13.7. The topological polar surface area (TPSA) is 60.8 Å². The molecule has 0 spiro atoms. The summed E-state index contributed by atoms with van der Waals surface area (Å²) >= 11 is 0. The van der Waals surface area contributed by atoms with E-state index in [9.17, 15) is 9.90 Å². The van der Waals surface area contributed by atoms with Crippen LogP contribution in [0.3, 0.4) is 0 Å². The number of aliphatic hydroxyl groups excluding tert-OH is 2. The molecule has 1 amide bonds. The van der Waals surface area contributed by atoms with E-state index < -0.39 is 6.10 Å². The lowest BCUT2D eigenvalue weighted by Gasteiger charge is -2.25. The van der Waals surface area contributed by atoms with Gasteiger partial charge >= 0.3 is 0 Å². The highest BCUT2D eigenvalue weighted by Crippen LogP contribution is 2.14. The summed E-state index contributed by atoms with van der Waals surface area (Å²) in [7, 11) is 0. The summed E-state index contributed by atoms with van der Waals surface area (Å²) in [5.74, 6) is 0.138. The molecule has 1 atom stereocenters. The first kappa shape index (κ1) is 30.4. The molecule has 1 unspecified atom stereocenters. The molecule has 0 heterocycles. The normalized spacial score (nSPS) is 12.3. The summed E-state index contributed by atoms with van der Waals surface area (Å²) < 4.78 is 0. The Morgan fingerprint density at radius 3 is 1.45 bits per heavy atom. The van der Waals surface area contributed by atoms with Crippen LogP contribution in [0.5, 0.6) is 0 Å². The van der Waals surface area contributed by atoms with E-state index in [1.165, 1.54) is 96.3 Å². The van der Waals surface area contributed by atoms with Crippen molar-refractivity contribution in [3.63, 3.8) is 0 Å². The molecule has 0 aromatic rings. The Morgan fingerprint density at radius 1 is 0.645 bits per heavy atom. The Hall–Kier alpha value is -0.610. The quantitative estimate of drug-likeness (QED) is 0.158. The minimum Gasteiger partial charge on any atom is -0.394 e. The Morgan fingerprint density at radius 2 is 1.03 bits per heavy atom. The first-order chi connectivity index (χ1) is 15.2. The summed E-state index contributed by atoms with van der Waals surface area (Å²) in [4.78, 5) is 14.3. The van der Waals surface area contributed by atoms with Gasteiger partial charge in [-0.15, -0.1) is 0 Å². The van der Waals surface area contributed by atoms with Crippen LogP contribution < -0.4 is 0 Å². The largest absolute Gasteiger partial charge is 0.394 e. The van der Waals surface area contributed by atoms with E-state index in [0.717, 1.165) is 25.7 Å². The Bertz CT molecular complexity index is 375. The van der Waals surface area contributed by atoms with Gasteiger partial charge in [0.15, 0.2) is 0 Å². The van der Waals surface area contributed by atoms with Crippen molar-refractivity contribution in [3.8, 4) is 0 Å². The third-order valence-electron chi connectivity index (χ3n) is 6.27. The average Bonchev–Trinajstić information content (AvgIpc) is 2.78. The molecule has 0 saturated carbocycles. The third kappa shape index (κ3) is 21.0. The van der Waals surface area contributed by atoms with Gasteiger partial charge in [-0.1, -0.05) is 123 Å². The summed E-state index contributed by atoms with van der Waals surface area (Å²) in [6, 6.07) is 0. The molecule has 0 saturated heterocycles. The van der Waals surface area contributed by atoms with Gasteiger partial charge in [0.2, 0.25) is 5.91 Å². The first-order valence-electron chi connectivity index (χ1n) is 13.7. The van der Waals surface area contributed by atoms with Gasteiger partial charge in [-0.3, -0.25) is 4.79 Å². The second kappa shape index (κ2) is 24.0. The Kier molecular flexibility index (Phi) is 23.6. The van der Waals surface area contributed by atoms with Crippen molar-refractivity contribution < 1.29 is 15.0 Å². The van der Waals surface area contributed by atoms with Crippen LogP contribution in [0.4, 0.5) is 0 Å². The molecule has 0 fully saturated rings. The molecule has 0 aliphatic rings. The van der Waals surface area contributed by atoms with E-state index in [4.69, 9.17) is 5.11 Å². The monoisotopic (exact) mass is 441 g/mol. The highest BCUT2D eigenvalue weighted by molar-refractivity contribution is 5.76. The average molecular weight is 442 g/mol. The number of unbranched alkanes of at least 4 members (excludes halogenated alkanes) is 17. The van der Waals surface area contributed by atoms with Crippen LogP contribution in [0, 0.1) is 0 Å². The van der Waals surface area contributed by atoms with E-state index in [0.29, 0.717) is 13.0 Å². The lowest BCUT2D eigenvalue weighted by atomic mass is 10.0. The SMILES string of the molecule is CCCCCCCCCCCCCCCCN(CC(O)CO)C(=O)CCCCCCC. The zero-order valence-corrected chi connectivity index (χ0v) is 21.1. The van der Waals surface area contributed by atoms with Gasteiger partial charge in [-0.05, 0) is 12.8 Å². The molecule has 0 aromatic carbocycles. The van der Waals surface area contributed by atoms with Crippen molar-refractivity contribution >= 4 is 5.91 Å². The van der Waals surface area contributed by atoms with Gasteiger partial charge < -0.3 is 15.1 Å². The number of rotatable bonds is 24. The number of hydrogen-bond acceptors (Lipinski definition) is 3. The van der Waals surface area contributed by atoms with Crippen LogP contribution in [0.25, 0.3) is 0 Å². The van der Waals surface area contributed by atoms with E-state index in [2.05, 4.69) is 13.8 Å². The fourth-order valence-electron chi connectivity index (χ4n) is 4.17. The third-order valence-corrected chi connectivity index (χ3v) is 6.27. The maximum Gasteiger partial charge on any atom is 0.222 e. The molecule has 0 radical (unpaired) electrons. The van der Waals surface area contributed by atoms with Gasteiger partial charge in [-0.25, -0.2) is 0 Å². The molecule has 0 aliphatic carbocycles. The lowest BCUT2D eigenvalue weighted by Crippen LogP contribution is -2.39. The summed E-state index contributed by atoms with van der Waals surface area (Å²) in [6.45, 7) is 5.16. The fourth-order valence-corrected chi connectivity index (χ4v) is 4.17. The van der Waals surface area contributed by atoms with Crippen molar-refractivity contribution in [2.24, 2.45) is 0 Å². The zero-order chi connectivity index (χ0) is 23.0. The Labute approximate surface area is 194 Å². The smallest absolute Gasteiger partial charge is 0.222 e. The molecule has 4 nitrogen and oxygen atoms in total. The van der Waals surface area contributed by atoms with Crippen molar-refractivity contribution in [2.45, 2.75) is 148 Å². The van der Waals surface area contributed by atoms with Crippen LogP contribution in [-0.2, 0) is 4.79 Å². The maximum absolute atomic E-state index is 12.5. The minimum absolute atomic E-state index is 0.138. The van der Waals surface area contributed by atoms with Crippen LogP contribution in [0.1, 0.15) is 142 Å². The fraction of sp³-hybridized carbons (Fsp3) is 0.963. The number of amides is 1. The number of hydrogen-bond donors (Lipinski definition) is 2. The van der Waals surface area contributed by atoms with E-state index in [1.807, 2.05) is 0 Å². The minimum atomic E-state index is -0.823. The Balaban J connectivity index is 3.74. The van der Waals surface area contributed by atoms with Gasteiger partial charge in [0.25, 0.3) is 0 Å². The number of carbonyl (C=O) groups excluding carboxylic acids is 1. The van der Waals surface area contributed by atoms with Crippen molar-refractivity contribution in [1.29, 1.82) is 0 Å². The molecular formula is C27H55NO3. The summed E-state index contributed by atoms with van der Waals surface area (Å²) in [5, 5.41) is 18.9. The van der Waals surface area contributed by atoms with E-state index in [-0.39, 0.29) is 19.1 Å². The standard InChI is InChI=1S/C27H55NO3/c1-3-5-7-9-10-11-12-13-14-15-16-17-19-21-23-28(24-26(30)25-29)27(31)22-20-18-8-6-4-2/h26,29-30H,3-25H2,1-2H3. The van der Waals surface area contributed by atoms with E-state index in [1.54, 1.807) is 4.90 Å². The highest BCUT2D eigenvalue weighted by atomic mass is 16.3. The van der Waals surface area contributed by atoms with Crippen molar-refractivity contribution in [3.05, 3.63) is 0 Å². The number of nitrogens with zero attached hydrogens (tertiary/aromatic N) is 1. The molecule has 4 heteroatoms. The molecule has 0 bridgehead atoms. The predicted octanol–water partition coefficient (Wildman–Crippen LogP) is 7.01. The summed E-state index contributed by atoms with van der Waals surface area (Å²) in [5.41, 5.74) is 0. The zero-order valence-electron chi connectivity index (χ0n) is 21.1. The van der Waals surface area contributed by atoms with Gasteiger partial charge in [0.1, 0.15) is 0 Å². The molecule has 2 N–H and O–H groups in total.